The molecular weight excluding hydrogens is 335 g/mol. The van der Waals surface area contributed by atoms with Crippen molar-refractivity contribution in [2.24, 2.45) is 0 Å². The molecule has 0 spiro atoms. The van der Waals surface area contributed by atoms with Crippen LogP contribution >= 0.6 is 23.2 Å². The van der Waals surface area contributed by atoms with Gasteiger partial charge in [0.1, 0.15) is 5.39 Å². The van der Waals surface area contributed by atoms with Gasteiger partial charge in [-0.3, -0.25) is 0 Å². The summed E-state index contributed by atoms with van der Waals surface area (Å²) in [6.45, 7) is 0. The third kappa shape index (κ3) is 2.58. The van der Waals surface area contributed by atoms with E-state index in [0.29, 0.717) is 0 Å². The lowest BCUT2D eigenvalue weighted by Crippen LogP contribution is -2.08. The van der Waals surface area contributed by atoms with Crippen LogP contribution in [-0.4, -0.2) is 4.98 Å². The maximum atomic E-state index is 13.5. The Labute approximate surface area is 133 Å². The van der Waals surface area contributed by atoms with Crippen LogP contribution in [0.25, 0.3) is 22.4 Å². The van der Waals surface area contributed by atoms with Crippen LogP contribution < -0.4 is 5.63 Å². The van der Waals surface area contributed by atoms with Crippen molar-refractivity contribution in [3.63, 3.8) is 0 Å². The summed E-state index contributed by atoms with van der Waals surface area (Å²) in [5.41, 5.74) is -1.04. The highest BCUT2D eigenvalue weighted by atomic mass is 35.5. The van der Waals surface area contributed by atoms with E-state index in [1.54, 1.807) is 12.1 Å². The van der Waals surface area contributed by atoms with Gasteiger partial charge in [-0.2, -0.15) is 8.78 Å². The van der Waals surface area contributed by atoms with E-state index in [1.807, 2.05) is 0 Å². The summed E-state index contributed by atoms with van der Waals surface area (Å²) in [5, 5.41) is -3.33. The fraction of sp³-hybridized carbons (Fsp3) is 0.0667. The highest BCUT2D eigenvalue weighted by Gasteiger charge is 2.32. The van der Waals surface area contributed by atoms with Crippen molar-refractivity contribution in [2.45, 2.75) is 5.38 Å². The Morgan fingerprint density at radius 3 is 2.55 bits per heavy atom. The zero-order valence-electron chi connectivity index (χ0n) is 10.8. The van der Waals surface area contributed by atoms with Gasteiger partial charge >= 0.3 is 11.0 Å². The molecule has 0 aliphatic rings. The van der Waals surface area contributed by atoms with Crippen molar-refractivity contribution >= 4 is 34.1 Å². The predicted molar refractivity (Wildman–Crippen MR) is 80.5 cm³/mol. The Kier molecular flexibility index (Phi) is 3.62. The molecule has 0 N–H and O–H groups in total. The molecule has 0 fully saturated rings. The summed E-state index contributed by atoms with van der Waals surface area (Å²) in [4.78, 5) is 16.1. The van der Waals surface area contributed by atoms with Crippen LogP contribution in [0.2, 0.25) is 5.02 Å². The number of rotatable bonds is 2. The maximum absolute atomic E-state index is 13.5. The molecule has 0 unspecified atom stereocenters. The van der Waals surface area contributed by atoms with Crippen molar-refractivity contribution in [1.82, 2.24) is 4.98 Å². The van der Waals surface area contributed by atoms with Gasteiger partial charge in [0.2, 0.25) is 5.89 Å². The second-order valence-electron chi connectivity index (χ2n) is 4.48. The molecule has 0 saturated carbocycles. The van der Waals surface area contributed by atoms with E-state index in [0.717, 1.165) is 6.07 Å². The first-order valence-corrected chi connectivity index (χ1v) is 6.89. The van der Waals surface area contributed by atoms with E-state index in [1.165, 1.54) is 24.3 Å². The number of hydrogen-bond acceptors (Lipinski definition) is 3. The van der Waals surface area contributed by atoms with Crippen molar-refractivity contribution in [1.29, 1.82) is 0 Å². The molecule has 1 aromatic heterocycles. The summed E-state index contributed by atoms with van der Waals surface area (Å²) >= 11 is 11.0. The molecule has 0 aliphatic carbocycles. The molecule has 0 amide bonds. The highest BCUT2D eigenvalue weighted by Crippen LogP contribution is 2.38. The summed E-state index contributed by atoms with van der Waals surface area (Å²) in [6, 6.07) is 10.1. The van der Waals surface area contributed by atoms with Gasteiger partial charge in [-0.05, 0) is 29.8 Å². The van der Waals surface area contributed by atoms with E-state index < -0.39 is 16.6 Å². The number of nitrogens with zero attached hydrogens (tertiary/aromatic N) is 1. The van der Waals surface area contributed by atoms with Crippen LogP contribution in [0.4, 0.5) is 8.78 Å². The number of hydrogen-bond donors (Lipinski definition) is 0. The number of halogens is 4. The molecule has 0 atom stereocenters. The zero-order chi connectivity index (χ0) is 15.9. The molecule has 0 radical (unpaired) electrons. The standard InChI is InChI=1S/C15H7Cl2F2NO2/c16-10-6-3-7-11-12(10)14(21)22-13(20-11)8-4-1-2-5-9(8)15(17,18)19/h1-7H. The van der Waals surface area contributed by atoms with Gasteiger partial charge in [-0.1, -0.05) is 35.9 Å². The maximum Gasteiger partial charge on any atom is 0.349 e. The van der Waals surface area contributed by atoms with Crippen LogP contribution in [0.5, 0.6) is 0 Å². The molecule has 0 aliphatic heterocycles. The van der Waals surface area contributed by atoms with Crippen LogP contribution in [-0.2, 0) is 5.38 Å². The van der Waals surface area contributed by atoms with Gasteiger partial charge in [0.15, 0.2) is 0 Å². The average molecular weight is 342 g/mol. The number of benzene rings is 2. The number of aromatic nitrogens is 1. The van der Waals surface area contributed by atoms with Gasteiger partial charge in [0.05, 0.1) is 10.5 Å². The van der Waals surface area contributed by atoms with Crippen LogP contribution in [0, 0.1) is 0 Å². The predicted octanol–water partition coefficient (Wildman–Crippen LogP) is 4.80. The fourth-order valence-corrected chi connectivity index (χ4v) is 2.52. The first-order valence-electron chi connectivity index (χ1n) is 6.14. The molecule has 22 heavy (non-hydrogen) atoms. The smallest absolute Gasteiger partial charge is 0.349 e. The van der Waals surface area contributed by atoms with Gasteiger partial charge < -0.3 is 4.42 Å². The second kappa shape index (κ2) is 5.34. The van der Waals surface area contributed by atoms with E-state index >= 15 is 0 Å². The van der Waals surface area contributed by atoms with Crippen LogP contribution in [0.15, 0.2) is 51.7 Å². The molecule has 112 valence electrons. The monoisotopic (exact) mass is 341 g/mol. The minimum Gasteiger partial charge on any atom is -0.403 e. The minimum absolute atomic E-state index is 0.0542. The first-order chi connectivity index (χ1) is 10.4. The molecule has 3 nitrogen and oxygen atoms in total. The number of fused-ring (bicyclic) bond motifs is 1. The Morgan fingerprint density at radius 1 is 1.09 bits per heavy atom. The molecule has 3 aromatic rings. The van der Waals surface area contributed by atoms with Gasteiger partial charge in [0, 0.05) is 11.1 Å². The molecule has 0 saturated heterocycles. The molecule has 0 bridgehead atoms. The van der Waals surface area contributed by atoms with E-state index in [9.17, 15) is 13.6 Å². The first kappa shape index (κ1) is 14.9. The Morgan fingerprint density at radius 2 is 1.82 bits per heavy atom. The Balaban J connectivity index is 2.32. The van der Waals surface area contributed by atoms with Gasteiger partial charge in [0.25, 0.3) is 0 Å². The summed E-state index contributed by atoms with van der Waals surface area (Å²) < 4.78 is 32.0. The normalized spacial score (nSPS) is 11.8. The molecular formula is C15H7Cl2F2NO2. The van der Waals surface area contributed by atoms with Crippen molar-refractivity contribution in [3.05, 3.63) is 63.5 Å². The lowest BCUT2D eigenvalue weighted by molar-refractivity contribution is 0.0955. The molecule has 3 rings (SSSR count). The van der Waals surface area contributed by atoms with Crippen molar-refractivity contribution in [2.75, 3.05) is 0 Å². The van der Waals surface area contributed by atoms with E-state index in [4.69, 9.17) is 27.6 Å². The summed E-state index contributed by atoms with van der Waals surface area (Å²) in [7, 11) is 0. The quantitative estimate of drug-likeness (QED) is 0.629. The topological polar surface area (TPSA) is 43.1 Å². The lowest BCUT2D eigenvalue weighted by Gasteiger charge is -2.12. The second-order valence-corrected chi connectivity index (χ2v) is 5.37. The molecule has 1 heterocycles. The highest BCUT2D eigenvalue weighted by molar-refractivity contribution is 6.35. The SMILES string of the molecule is O=c1oc(-c2ccccc2C(F)(F)Cl)nc2cccc(Cl)c12. The van der Waals surface area contributed by atoms with Crippen molar-refractivity contribution < 1.29 is 13.2 Å². The van der Waals surface area contributed by atoms with Gasteiger partial charge in [-0.25, -0.2) is 9.78 Å². The van der Waals surface area contributed by atoms with Crippen LogP contribution in [0.1, 0.15) is 5.56 Å². The third-order valence-corrected chi connectivity index (χ3v) is 3.59. The zero-order valence-corrected chi connectivity index (χ0v) is 12.3. The summed E-state index contributed by atoms with van der Waals surface area (Å²) in [6.07, 6.45) is 0. The third-order valence-electron chi connectivity index (χ3n) is 3.07. The van der Waals surface area contributed by atoms with E-state index in [2.05, 4.69) is 4.98 Å². The van der Waals surface area contributed by atoms with E-state index in [-0.39, 0.29) is 27.4 Å². The van der Waals surface area contributed by atoms with Crippen LogP contribution in [0.3, 0.4) is 0 Å². The average Bonchev–Trinajstić information content (AvgIpc) is 2.46. The fourth-order valence-electron chi connectivity index (χ4n) is 2.11. The molecule has 7 heteroatoms. The summed E-state index contributed by atoms with van der Waals surface area (Å²) in [5.74, 6) is -0.240. The largest absolute Gasteiger partial charge is 0.403 e. The Hall–Kier alpha value is -1.98. The Bertz CT molecular complexity index is 919. The number of alkyl halides is 3. The van der Waals surface area contributed by atoms with Crippen molar-refractivity contribution in [3.8, 4) is 11.5 Å². The molecule has 2 aromatic carbocycles. The lowest BCUT2D eigenvalue weighted by atomic mass is 10.1. The van der Waals surface area contributed by atoms with Gasteiger partial charge in [-0.15, -0.1) is 0 Å². The minimum atomic E-state index is -3.61.